The van der Waals surface area contributed by atoms with Crippen molar-refractivity contribution in [3.63, 3.8) is 0 Å². The van der Waals surface area contributed by atoms with E-state index in [1.165, 1.54) is 57.8 Å². The molecule has 0 aromatic rings. The van der Waals surface area contributed by atoms with Crippen LogP contribution in [0.25, 0.3) is 0 Å². The molecule has 0 radical (unpaired) electrons. The summed E-state index contributed by atoms with van der Waals surface area (Å²) in [6, 6.07) is 0. The van der Waals surface area contributed by atoms with E-state index in [0.29, 0.717) is 6.42 Å². The average molecular weight is 429 g/mol. The van der Waals surface area contributed by atoms with Gasteiger partial charge in [0, 0.05) is 6.42 Å². The van der Waals surface area contributed by atoms with Crippen LogP contribution < -0.4 is 0 Å². The Bertz CT molecular complexity index is 435. The van der Waals surface area contributed by atoms with Crippen molar-refractivity contribution in [1.29, 1.82) is 0 Å². The number of esters is 2. The van der Waals surface area contributed by atoms with E-state index in [9.17, 15) is 9.59 Å². The predicted octanol–water partition coefficient (Wildman–Crippen LogP) is 4.85. The smallest absolute Gasteiger partial charge is 0.309 e. The summed E-state index contributed by atoms with van der Waals surface area (Å²) in [5.41, 5.74) is 0. The first-order valence-electron chi connectivity index (χ1n) is 11.8. The van der Waals surface area contributed by atoms with E-state index in [0.717, 1.165) is 25.7 Å². The maximum absolute atomic E-state index is 11.6. The molecule has 0 aromatic heterocycles. The van der Waals surface area contributed by atoms with Crippen LogP contribution in [-0.2, 0) is 19.1 Å². The van der Waals surface area contributed by atoms with E-state index >= 15 is 0 Å². The minimum atomic E-state index is -1.07. The second kappa shape index (κ2) is 22.3. The van der Waals surface area contributed by atoms with Gasteiger partial charge in [0.05, 0.1) is 13.0 Å². The highest BCUT2D eigenvalue weighted by molar-refractivity contribution is 5.71. The number of rotatable bonds is 21. The quantitative estimate of drug-likeness (QED) is 0.154. The van der Waals surface area contributed by atoms with Crippen LogP contribution >= 0.6 is 0 Å². The lowest BCUT2D eigenvalue weighted by Gasteiger charge is -2.08. The summed E-state index contributed by atoms with van der Waals surface area (Å²) in [5.74, 6) is -0.854. The van der Waals surface area contributed by atoms with Gasteiger partial charge in [0.1, 0.15) is 19.3 Å². The Morgan fingerprint density at radius 2 is 1.30 bits per heavy atom. The Morgan fingerprint density at radius 1 is 0.767 bits per heavy atom. The zero-order chi connectivity index (χ0) is 22.3. The summed E-state index contributed by atoms with van der Waals surface area (Å²) in [6.07, 6.45) is 19.6. The Labute approximate surface area is 183 Å². The zero-order valence-corrected chi connectivity index (χ0v) is 19.0. The first kappa shape index (κ1) is 28.6. The highest BCUT2D eigenvalue weighted by Crippen LogP contribution is 2.10. The van der Waals surface area contributed by atoms with Crippen molar-refractivity contribution >= 4 is 11.9 Å². The number of hydrogen-bond donors (Lipinski definition) is 2. The summed E-state index contributed by atoms with van der Waals surface area (Å²) in [7, 11) is 0. The third kappa shape index (κ3) is 21.3. The lowest BCUT2D eigenvalue weighted by atomic mass is 10.1. The molecule has 0 heterocycles. The molecule has 6 heteroatoms. The third-order valence-corrected chi connectivity index (χ3v) is 4.86. The lowest BCUT2D eigenvalue weighted by Crippen LogP contribution is -2.22. The van der Waals surface area contributed by atoms with Crippen molar-refractivity contribution < 1.29 is 29.3 Å². The number of allylic oxidation sites excluding steroid dienone is 2. The molecular weight excluding hydrogens is 384 g/mol. The van der Waals surface area contributed by atoms with E-state index in [-0.39, 0.29) is 25.6 Å². The topological polar surface area (TPSA) is 93.1 Å². The summed E-state index contributed by atoms with van der Waals surface area (Å²) >= 11 is 0. The van der Waals surface area contributed by atoms with Gasteiger partial charge in [-0.25, -0.2) is 0 Å². The fraction of sp³-hybridized carbons (Fsp3) is 0.833. The molecule has 0 aliphatic heterocycles. The van der Waals surface area contributed by atoms with Crippen LogP contribution in [0, 0.1) is 0 Å². The van der Waals surface area contributed by atoms with E-state index in [1.807, 2.05) is 0 Å². The highest BCUT2D eigenvalue weighted by atomic mass is 16.6. The number of unbranched alkanes of at least 4 members (excludes halogenated alkanes) is 11. The number of carbonyl (C=O) groups is 2. The Balaban J connectivity index is 3.35. The van der Waals surface area contributed by atoms with Gasteiger partial charge in [-0.15, -0.1) is 0 Å². The van der Waals surface area contributed by atoms with Gasteiger partial charge in [-0.2, -0.15) is 0 Å². The largest absolute Gasteiger partial charge is 0.465 e. The van der Waals surface area contributed by atoms with E-state index < -0.39 is 18.7 Å². The second-order valence-electron chi connectivity index (χ2n) is 7.82. The minimum absolute atomic E-state index is 0.0159. The number of aliphatic hydroxyl groups is 2. The number of hydrogen-bond acceptors (Lipinski definition) is 6. The summed E-state index contributed by atoms with van der Waals surface area (Å²) in [4.78, 5) is 23.0. The van der Waals surface area contributed by atoms with Crippen LogP contribution in [0.4, 0.5) is 0 Å². The van der Waals surface area contributed by atoms with Crippen molar-refractivity contribution in [2.45, 2.75) is 109 Å². The zero-order valence-electron chi connectivity index (χ0n) is 19.0. The fourth-order valence-electron chi connectivity index (χ4n) is 2.97. The van der Waals surface area contributed by atoms with Gasteiger partial charge < -0.3 is 19.7 Å². The molecule has 0 aliphatic rings. The standard InChI is InChI=1S/C24H44O6/c1-2-3-4-5-6-7-8-9-10-11-12-13-14-15-16-17-23(27)29-19-18-24(28)30-21-22(26)20-25/h9-10,22,25-26H,2-8,11-21H2,1H3/b10-9-. The maximum Gasteiger partial charge on any atom is 0.309 e. The molecule has 30 heavy (non-hydrogen) atoms. The molecule has 1 atom stereocenters. The Kier molecular flexibility index (Phi) is 21.2. The van der Waals surface area contributed by atoms with Crippen LogP contribution in [0.5, 0.6) is 0 Å². The molecule has 0 spiro atoms. The maximum atomic E-state index is 11.6. The molecule has 0 saturated heterocycles. The van der Waals surface area contributed by atoms with Crippen molar-refractivity contribution in [2.24, 2.45) is 0 Å². The summed E-state index contributed by atoms with van der Waals surface area (Å²) in [6.45, 7) is 1.52. The van der Waals surface area contributed by atoms with Gasteiger partial charge in [0.25, 0.3) is 0 Å². The van der Waals surface area contributed by atoms with Gasteiger partial charge in [0.15, 0.2) is 0 Å². The minimum Gasteiger partial charge on any atom is -0.465 e. The molecule has 0 aliphatic carbocycles. The summed E-state index contributed by atoms with van der Waals surface area (Å²) < 4.78 is 9.73. The van der Waals surface area contributed by atoms with Crippen LogP contribution in [0.2, 0.25) is 0 Å². The van der Waals surface area contributed by atoms with Gasteiger partial charge in [0.2, 0.25) is 0 Å². The van der Waals surface area contributed by atoms with Crippen LogP contribution in [0.1, 0.15) is 103 Å². The molecule has 1 unspecified atom stereocenters. The number of carbonyl (C=O) groups excluding carboxylic acids is 2. The molecule has 2 N–H and O–H groups in total. The van der Waals surface area contributed by atoms with Crippen molar-refractivity contribution in [2.75, 3.05) is 19.8 Å². The van der Waals surface area contributed by atoms with Crippen molar-refractivity contribution in [3.05, 3.63) is 12.2 Å². The van der Waals surface area contributed by atoms with Crippen LogP contribution in [-0.4, -0.2) is 48.1 Å². The molecule has 0 bridgehead atoms. The van der Waals surface area contributed by atoms with Gasteiger partial charge in [-0.1, -0.05) is 70.4 Å². The SMILES string of the molecule is CCCCCCCC/C=C\CCCCCCCC(=O)OCCC(=O)OCC(O)CO. The highest BCUT2D eigenvalue weighted by Gasteiger charge is 2.09. The third-order valence-electron chi connectivity index (χ3n) is 4.86. The van der Waals surface area contributed by atoms with Crippen LogP contribution in [0.3, 0.4) is 0 Å². The van der Waals surface area contributed by atoms with E-state index in [4.69, 9.17) is 19.7 Å². The van der Waals surface area contributed by atoms with Crippen molar-refractivity contribution in [3.8, 4) is 0 Å². The molecule has 0 rings (SSSR count). The molecule has 0 amide bonds. The second-order valence-corrected chi connectivity index (χ2v) is 7.82. The molecule has 0 saturated carbocycles. The van der Waals surface area contributed by atoms with E-state index in [2.05, 4.69) is 19.1 Å². The molecule has 0 fully saturated rings. The lowest BCUT2D eigenvalue weighted by molar-refractivity contribution is -0.151. The average Bonchev–Trinajstić information content (AvgIpc) is 2.74. The Hall–Kier alpha value is -1.40. The fourth-order valence-corrected chi connectivity index (χ4v) is 2.97. The number of ether oxygens (including phenoxy) is 2. The molecule has 0 aromatic carbocycles. The number of aliphatic hydroxyl groups excluding tert-OH is 2. The van der Waals surface area contributed by atoms with Crippen LogP contribution in [0.15, 0.2) is 12.2 Å². The first-order chi connectivity index (χ1) is 14.6. The normalized spacial score (nSPS) is 12.2. The predicted molar refractivity (Wildman–Crippen MR) is 119 cm³/mol. The van der Waals surface area contributed by atoms with E-state index in [1.54, 1.807) is 0 Å². The van der Waals surface area contributed by atoms with Gasteiger partial charge in [-0.3, -0.25) is 9.59 Å². The van der Waals surface area contributed by atoms with Crippen molar-refractivity contribution in [1.82, 2.24) is 0 Å². The molecular formula is C24H44O6. The Morgan fingerprint density at radius 3 is 1.90 bits per heavy atom. The monoisotopic (exact) mass is 428 g/mol. The first-order valence-corrected chi connectivity index (χ1v) is 11.8. The molecule has 6 nitrogen and oxygen atoms in total. The van der Waals surface area contributed by atoms with Gasteiger partial charge in [-0.05, 0) is 32.1 Å². The summed E-state index contributed by atoms with van der Waals surface area (Å²) in [5, 5.41) is 17.7. The van der Waals surface area contributed by atoms with Gasteiger partial charge >= 0.3 is 11.9 Å². The molecule has 176 valence electrons.